The fraction of sp³-hybridized carbons (Fsp3) is 0.300. The number of ether oxygens (including phenoxy) is 2. The van der Waals surface area contributed by atoms with E-state index < -0.39 is 12.0 Å². The number of carbonyl (C=O) groups excluding carboxylic acids is 1. The number of benzene rings is 1. The molecule has 1 aromatic carbocycles. The molecule has 0 heterocycles. The van der Waals surface area contributed by atoms with Crippen LogP contribution in [0.5, 0.6) is 5.75 Å². The summed E-state index contributed by atoms with van der Waals surface area (Å²) in [7, 11) is 1.26. The molecule has 0 aliphatic carbocycles. The number of methoxy groups -OCH3 is 1. The summed E-state index contributed by atoms with van der Waals surface area (Å²) in [6.45, 7) is -0.0211. The Morgan fingerprint density at radius 2 is 2.19 bits per heavy atom. The van der Waals surface area contributed by atoms with Crippen LogP contribution in [0.3, 0.4) is 0 Å². The number of hydrogen-bond acceptors (Lipinski definition) is 4. The van der Waals surface area contributed by atoms with Gasteiger partial charge in [0.2, 0.25) is 0 Å². The van der Waals surface area contributed by atoms with E-state index in [-0.39, 0.29) is 6.61 Å². The molecule has 0 fully saturated rings. The predicted molar refractivity (Wildman–Crippen MR) is 61.9 cm³/mol. The van der Waals surface area contributed by atoms with Crippen molar-refractivity contribution in [3.63, 3.8) is 0 Å². The topological polar surface area (TPSA) is 61.5 Å². The van der Waals surface area contributed by atoms with Crippen molar-refractivity contribution >= 4 is 29.2 Å². The third-order valence-corrected chi connectivity index (χ3v) is 2.64. The van der Waals surface area contributed by atoms with Gasteiger partial charge in [0.25, 0.3) is 0 Å². The van der Waals surface area contributed by atoms with Crippen LogP contribution in [0.2, 0.25) is 10.0 Å². The Kier molecular flexibility index (Phi) is 4.86. The van der Waals surface area contributed by atoms with E-state index in [0.29, 0.717) is 15.8 Å². The lowest BCUT2D eigenvalue weighted by atomic mass is 10.3. The van der Waals surface area contributed by atoms with Crippen molar-refractivity contribution in [1.82, 2.24) is 0 Å². The monoisotopic (exact) mass is 263 g/mol. The van der Waals surface area contributed by atoms with Gasteiger partial charge in [0.15, 0.2) is 0 Å². The second-order valence-corrected chi connectivity index (χ2v) is 3.78. The number of rotatable bonds is 4. The van der Waals surface area contributed by atoms with Gasteiger partial charge >= 0.3 is 5.97 Å². The third-order valence-electron chi connectivity index (χ3n) is 1.84. The van der Waals surface area contributed by atoms with E-state index in [1.54, 1.807) is 18.2 Å². The smallest absolute Gasteiger partial charge is 0.326 e. The zero-order valence-electron chi connectivity index (χ0n) is 8.57. The second kappa shape index (κ2) is 5.94. The Labute approximate surface area is 103 Å². The van der Waals surface area contributed by atoms with Crippen LogP contribution >= 0.6 is 23.2 Å². The van der Waals surface area contributed by atoms with Gasteiger partial charge < -0.3 is 15.2 Å². The van der Waals surface area contributed by atoms with Gasteiger partial charge in [0.05, 0.1) is 12.1 Å². The summed E-state index contributed by atoms with van der Waals surface area (Å²) >= 11 is 11.7. The van der Waals surface area contributed by atoms with Crippen LogP contribution in [0.25, 0.3) is 0 Å². The van der Waals surface area contributed by atoms with Gasteiger partial charge in [-0.2, -0.15) is 0 Å². The van der Waals surface area contributed by atoms with E-state index >= 15 is 0 Å². The minimum Gasteiger partial charge on any atom is -0.490 e. The largest absolute Gasteiger partial charge is 0.490 e. The number of esters is 1. The molecule has 0 aliphatic rings. The maximum atomic E-state index is 11.0. The predicted octanol–water partition coefficient (Wildman–Crippen LogP) is 1.87. The molecule has 2 N–H and O–H groups in total. The van der Waals surface area contributed by atoms with Gasteiger partial charge in [-0.05, 0) is 12.1 Å². The average Bonchev–Trinajstić information content (AvgIpc) is 2.29. The summed E-state index contributed by atoms with van der Waals surface area (Å²) in [5.41, 5.74) is 5.49. The van der Waals surface area contributed by atoms with E-state index in [0.717, 1.165) is 0 Å². The molecular formula is C10H11Cl2NO3. The molecular weight excluding hydrogens is 253 g/mol. The van der Waals surface area contributed by atoms with Gasteiger partial charge in [0, 0.05) is 0 Å². The van der Waals surface area contributed by atoms with Crippen LogP contribution < -0.4 is 10.5 Å². The molecule has 16 heavy (non-hydrogen) atoms. The van der Waals surface area contributed by atoms with Crippen molar-refractivity contribution in [2.24, 2.45) is 5.73 Å². The van der Waals surface area contributed by atoms with Crippen LogP contribution in [-0.2, 0) is 9.53 Å². The molecule has 0 aliphatic heterocycles. The van der Waals surface area contributed by atoms with E-state index in [1.807, 2.05) is 0 Å². The number of halogens is 2. The minimum absolute atomic E-state index is 0.0211. The van der Waals surface area contributed by atoms with Crippen LogP contribution in [0, 0.1) is 0 Å². The Balaban J connectivity index is 2.61. The highest BCUT2D eigenvalue weighted by atomic mass is 35.5. The molecule has 88 valence electrons. The summed E-state index contributed by atoms with van der Waals surface area (Å²) < 4.78 is 9.71. The van der Waals surface area contributed by atoms with Crippen molar-refractivity contribution in [3.8, 4) is 5.75 Å². The number of nitrogens with two attached hydrogens (primary N) is 1. The molecule has 4 nitrogen and oxygen atoms in total. The Hall–Kier alpha value is -0.970. The minimum atomic E-state index is -0.847. The first kappa shape index (κ1) is 13.1. The molecule has 1 rings (SSSR count). The molecule has 1 unspecified atom stereocenters. The Morgan fingerprint density at radius 1 is 1.50 bits per heavy atom. The lowest BCUT2D eigenvalue weighted by molar-refractivity contribution is -0.142. The maximum absolute atomic E-state index is 11.0. The van der Waals surface area contributed by atoms with Crippen LogP contribution in [0.4, 0.5) is 0 Å². The van der Waals surface area contributed by atoms with Crippen molar-refractivity contribution in [2.45, 2.75) is 6.04 Å². The highest BCUT2D eigenvalue weighted by molar-refractivity contribution is 6.42. The summed E-state index contributed by atoms with van der Waals surface area (Å²) in [6.07, 6.45) is 0. The van der Waals surface area contributed by atoms with Gasteiger partial charge in [-0.25, -0.2) is 0 Å². The lowest BCUT2D eigenvalue weighted by Gasteiger charge is -2.12. The van der Waals surface area contributed by atoms with E-state index in [9.17, 15) is 4.79 Å². The van der Waals surface area contributed by atoms with Crippen molar-refractivity contribution in [1.29, 1.82) is 0 Å². The van der Waals surface area contributed by atoms with E-state index in [1.165, 1.54) is 7.11 Å². The van der Waals surface area contributed by atoms with Gasteiger partial charge in [0.1, 0.15) is 23.4 Å². The highest BCUT2D eigenvalue weighted by Crippen LogP contribution is 2.31. The molecule has 0 radical (unpaired) electrons. The maximum Gasteiger partial charge on any atom is 0.326 e. The van der Waals surface area contributed by atoms with Gasteiger partial charge in [-0.1, -0.05) is 29.3 Å². The first-order valence-electron chi connectivity index (χ1n) is 4.46. The molecule has 0 aromatic heterocycles. The molecule has 1 atom stereocenters. The lowest BCUT2D eigenvalue weighted by Crippen LogP contribution is -2.37. The Morgan fingerprint density at radius 3 is 2.81 bits per heavy atom. The molecule has 1 aromatic rings. The first-order chi connectivity index (χ1) is 7.56. The zero-order chi connectivity index (χ0) is 12.1. The van der Waals surface area contributed by atoms with Gasteiger partial charge in [-0.3, -0.25) is 4.79 Å². The van der Waals surface area contributed by atoms with Gasteiger partial charge in [-0.15, -0.1) is 0 Å². The SMILES string of the molecule is COC(=O)C(N)COc1cccc(Cl)c1Cl. The third kappa shape index (κ3) is 3.27. The second-order valence-electron chi connectivity index (χ2n) is 2.99. The standard InChI is InChI=1S/C10H11Cl2NO3/c1-15-10(14)7(13)5-16-8-4-2-3-6(11)9(8)12/h2-4,7H,5,13H2,1H3. The average molecular weight is 264 g/mol. The van der Waals surface area contributed by atoms with Crippen molar-refractivity contribution in [3.05, 3.63) is 28.2 Å². The van der Waals surface area contributed by atoms with Crippen molar-refractivity contribution in [2.75, 3.05) is 13.7 Å². The van der Waals surface area contributed by atoms with Crippen molar-refractivity contribution < 1.29 is 14.3 Å². The van der Waals surface area contributed by atoms with Crippen LogP contribution in [0.15, 0.2) is 18.2 Å². The summed E-state index contributed by atoms with van der Waals surface area (Å²) in [5.74, 6) is -0.160. The first-order valence-corrected chi connectivity index (χ1v) is 5.22. The fourth-order valence-corrected chi connectivity index (χ4v) is 1.34. The van der Waals surface area contributed by atoms with Crippen LogP contribution in [0.1, 0.15) is 0 Å². The van der Waals surface area contributed by atoms with Crippen LogP contribution in [-0.4, -0.2) is 25.7 Å². The molecule has 0 saturated carbocycles. The molecule has 0 spiro atoms. The summed E-state index contributed by atoms with van der Waals surface area (Å²) in [5, 5.41) is 0.673. The molecule has 0 bridgehead atoms. The zero-order valence-corrected chi connectivity index (χ0v) is 10.1. The fourth-order valence-electron chi connectivity index (χ4n) is 0.994. The number of hydrogen-bond donors (Lipinski definition) is 1. The highest BCUT2D eigenvalue weighted by Gasteiger charge is 2.15. The Bertz CT molecular complexity index is 384. The molecule has 0 amide bonds. The van der Waals surface area contributed by atoms with E-state index in [4.69, 9.17) is 33.7 Å². The quantitative estimate of drug-likeness (QED) is 0.843. The van der Waals surface area contributed by atoms with E-state index in [2.05, 4.69) is 4.74 Å². The molecule has 0 saturated heterocycles. The summed E-state index contributed by atoms with van der Waals surface area (Å²) in [4.78, 5) is 11.0. The molecule has 6 heteroatoms. The summed E-state index contributed by atoms with van der Waals surface area (Å²) in [6, 6.07) is 4.11. The normalized spacial score (nSPS) is 12.0. The number of carbonyl (C=O) groups is 1.